The number of amides is 3. The molecule has 0 aliphatic heterocycles. The number of hydrazine groups is 1. The summed E-state index contributed by atoms with van der Waals surface area (Å²) in [4.78, 5) is 34.7. The van der Waals surface area contributed by atoms with Crippen LogP contribution in [0, 0.1) is 13.8 Å². The normalized spacial score (nSPS) is 9.96. The minimum absolute atomic E-state index is 0.196. The molecule has 0 saturated heterocycles. The van der Waals surface area contributed by atoms with Gasteiger partial charge in [-0.2, -0.15) is 0 Å². The molecule has 0 bridgehead atoms. The third-order valence-electron chi connectivity index (χ3n) is 3.63. The molecule has 0 radical (unpaired) electrons. The maximum Gasteiger partial charge on any atom is 0.276 e. The quantitative estimate of drug-likeness (QED) is 0.716. The van der Waals surface area contributed by atoms with Crippen LogP contribution in [0.15, 0.2) is 42.5 Å². The molecule has 0 aliphatic rings. The number of carbonyl (C=O) groups excluding carboxylic acids is 3. The molecule has 136 valence electrons. The Bertz CT molecular complexity index is 816. The first-order valence-electron chi connectivity index (χ1n) is 8.02. The Kier molecular flexibility index (Phi) is 6.32. The monoisotopic (exact) mass is 355 g/mol. The molecule has 7 nitrogen and oxygen atoms in total. The summed E-state index contributed by atoms with van der Waals surface area (Å²) < 4.78 is 5.39. The van der Waals surface area contributed by atoms with E-state index in [4.69, 9.17) is 4.74 Å². The molecule has 0 heterocycles. The van der Waals surface area contributed by atoms with Gasteiger partial charge in [0.2, 0.25) is 5.91 Å². The van der Waals surface area contributed by atoms with Gasteiger partial charge in [-0.25, -0.2) is 0 Å². The second-order valence-corrected chi connectivity index (χ2v) is 5.80. The number of nitrogens with one attached hydrogen (secondary N) is 3. The Morgan fingerprint density at radius 3 is 2.23 bits per heavy atom. The van der Waals surface area contributed by atoms with Crippen LogP contribution in [0.3, 0.4) is 0 Å². The second kappa shape index (κ2) is 8.66. The SMILES string of the molecule is CC(=O)Nc1ccc(C(=O)NNC(=O)COc2ccc(C)c(C)c2)cc1. The zero-order valence-corrected chi connectivity index (χ0v) is 14.9. The first-order chi connectivity index (χ1) is 12.3. The molecule has 0 atom stereocenters. The van der Waals surface area contributed by atoms with Crippen molar-refractivity contribution >= 4 is 23.4 Å². The van der Waals surface area contributed by atoms with Gasteiger partial charge in [-0.1, -0.05) is 6.07 Å². The van der Waals surface area contributed by atoms with Crippen molar-refractivity contribution in [1.29, 1.82) is 0 Å². The average Bonchev–Trinajstić information content (AvgIpc) is 2.60. The molecule has 0 aliphatic carbocycles. The number of hydrogen-bond donors (Lipinski definition) is 3. The highest BCUT2D eigenvalue weighted by atomic mass is 16.5. The molecule has 0 aromatic heterocycles. The highest BCUT2D eigenvalue weighted by Gasteiger charge is 2.08. The Hall–Kier alpha value is -3.35. The van der Waals surface area contributed by atoms with Crippen molar-refractivity contribution in [2.45, 2.75) is 20.8 Å². The maximum atomic E-state index is 12.0. The van der Waals surface area contributed by atoms with E-state index in [9.17, 15) is 14.4 Å². The number of benzene rings is 2. The van der Waals surface area contributed by atoms with Crippen molar-refractivity contribution < 1.29 is 19.1 Å². The van der Waals surface area contributed by atoms with E-state index in [0.717, 1.165) is 11.1 Å². The maximum absolute atomic E-state index is 12.0. The third kappa shape index (κ3) is 5.62. The molecule has 2 aromatic carbocycles. The molecule has 0 saturated carbocycles. The van der Waals surface area contributed by atoms with Crippen LogP contribution in [-0.2, 0) is 9.59 Å². The topological polar surface area (TPSA) is 96.5 Å². The van der Waals surface area contributed by atoms with Crippen LogP contribution < -0.4 is 20.9 Å². The van der Waals surface area contributed by atoms with Gasteiger partial charge in [-0.3, -0.25) is 25.2 Å². The molecule has 2 aromatic rings. The van der Waals surface area contributed by atoms with Gasteiger partial charge in [0.05, 0.1) is 0 Å². The van der Waals surface area contributed by atoms with Crippen molar-refractivity contribution in [3.8, 4) is 5.75 Å². The smallest absolute Gasteiger partial charge is 0.276 e. The first kappa shape index (κ1) is 19.0. The number of ether oxygens (including phenoxy) is 1. The van der Waals surface area contributed by atoms with Gasteiger partial charge >= 0.3 is 0 Å². The number of hydrogen-bond acceptors (Lipinski definition) is 4. The Labute approximate surface area is 151 Å². The summed E-state index contributed by atoms with van der Waals surface area (Å²) in [6, 6.07) is 11.8. The van der Waals surface area contributed by atoms with Gasteiger partial charge in [0.1, 0.15) is 5.75 Å². The van der Waals surface area contributed by atoms with E-state index < -0.39 is 11.8 Å². The molecule has 3 amide bonds. The van der Waals surface area contributed by atoms with Gasteiger partial charge in [-0.15, -0.1) is 0 Å². The molecule has 0 spiro atoms. The molecule has 7 heteroatoms. The number of carbonyl (C=O) groups is 3. The number of aryl methyl sites for hydroxylation is 2. The van der Waals surface area contributed by atoms with Crippen molar-refractivity contribution in [2.75, 3.05) is 11.9 Å². The predicted molar refractivity (Wildman–Crippen MR) is 97.8 cm³/mol. The van der Waals surface area contributed by atoms with E-state index in [-0.39, 0.29) is 12.5 Å². The van der Waals surface area contributed by atoms with Gasteiger partial charge in [0.25, 0.3) is 11.8 Å². The van der Waals surface area contributed by atoms with Crippen molar-refractivity contribution in [3.63, 3.8) is 0 Å². The van der Waals surface area contributed by atoms with Crippen LogP contribution in [0.4, 0.5) is 5.69 Å². The van der Waals surface area contributed by atoms with Crippen molar-refractivity contribution in [1.82, 2.24) is 10.9 Å². The summed E-state index contributed by atoms with van der Waals surface area (Å²) in [5.41, 5.74) is 7.73. The Balaban J connectivity index is 1.79. The predicted octanol–water partition coefficient (Wildman–Crippen LogP) is 2.10. The molecule has 3 N–H and O–H groups in total. The minimum atomic E-state index is -0.480. The third-order valence-corrected chi connectivity index (χ3v) is 3.63. The van der Waals surface area contributed by atoms with Crippen LogP contribution in [-0.4, -0.2) is 24.3 Å². The van der Waals surface area contributed by atoms with Crippen molar-refractivity contribution in [3.05, 3.63) is 59.2 Å². The van der Waals surface area contributed by atoms with E-state index in [1.807, 2.05) is 26.0 Å². The Morgan fingerprint density at radius 2 is 1.62 bits per heavy atom. The fourth-order valence-electron chi connectivity index (χ4n) is 2.10. The van der Waals surface area contributed by atoms with Gasteiger partial charge in [-0.05, 0) is 61.4 Å². The lowest BCUT2D eigenvalue weighted by atomic mass is 10.1. The molecule has 26 heavy (non-hydrogen) atoms. The van der Waals surface area contributed by atoms with Gasteiger partial charge < -0.3 is 10.1 Å². The molecular formula is C19H21N3O4. The van der Waals surface area contributed by atoms with E-state index in [1.54, 1.807) is 30.3 Å². The fourth-order valence-corrected chi connectivity index (χ4v) is 2.10. The average molecular weight is 355 g/mol. The van der Waals surface area contributed by atoms with Crippen molar-refractivity contribution in [2.24, 2.45) is 0 Å². The van der Waals surface area contributed by atoms with Crippen LogP contribution in [0.2, 0.25) is 0 Å². The zero-order chi connectivity index (χ0) is 19.1. The van der Waals surface area contributed by atoms with Crippen LogP contribution in [0.1, 0.15) is 28.4 Å². The molecule has 2 rings (SSSR count). The lowest BCUT2D eigenvalue weighted by Gasteiger charge is -2.10. The van der Waals surface area contributed by atoms with Crippen LogP contribution >= 0.6 is 0 Å². The molecule has 0 unspecified atom stereocenters. The van der Waals surface area contributed by atoms with E-state index in [0.29, 0.717) is 17.0 Å². The summed E-state index contributed by atoms with van der Waals surface area (Å²) in [7, 11) is 0. The largest absolute Gasteiger partial charge is 0.484 e. The summed E-state index contributed by atoms with van der Waals surface area (Å²) in [6.45, 7) is 5.13. The van der Waals surface area contributed by atoms with E-state index in [1.165, 1.54) is 6.92 Å². The van der Waals surface area contributed by atoms with Gasteiger partial charge in [0.15, 0.2) is 6.61 Å². The summed E-state index contributed by atoms with van der Waals surface area (Å²) in [6.07, 6.45) is 0. The summed E-state index contributed by atoms with van der Waals surface area (Å²) in [5.74, 6) is -0.563. The summed E-state index contributed by atoms with van der Waals surface area (Å²) >= 11 is 0. The van der Waals surface area contributed by atoms with E-state index >= 15 is 0 Å². The molecular weight excluding hydrogens is 334 g/mol. The van der Waals surface area contributed by atoms with E-state index in [2.05, 4.69) is 16.2 Å². The molecule has 0 fully saturated rings. The number of anilines is 1. The van der Waals surface area contributed by atoms with Gasteiger partial charge in [0, 0.05) is 18.2 Å². The Morgan fingerprint density at radius 1 is 0.923 bits per heavy atom. The lowest BCUT2D eigenvalue weighted by Crippen LogP contribution is -2.43. The lowest BCUT2D eigenvalue weighted by molar-refractivity contribution is -0.123. The summed E-state index contributed by atoms with van der Waals surface area (Å²) in [5, 5.41) is 2.60. The highest BCUT2D eigenvalue weighted by molar-refractivity contribution is 5.96. The van der Waals surface area contributed by atoms with Crippen LogP contribution in [0.5, 0.6) is 5.75 Å². The second-order valence-electron chi connectivity index (χ2n) is 5.80. The first-order valence-corrected chi connectivity index (χ1v) is 8.02. The standard InChI is InChI=1S/C19H21N3O4/c1-12-4-9-17(10-13(12)2)26-11-18(24)21-22-19(25)15-5-7-16(8-6-15)20-14(3)23/h4-10H,11H2,1-3H3,(H,20,23)(H,21,24)(H,22,25). The minimum Gasteiger partial charge on any atom is -0.484 e. The zero-order valence-electron chi connectivity index (χ0n) is 14.9. The van der Waals surface area contributed by atoms with Crippen LogP contribution in [0.25, 0.3) is 0 Å². The highest BCUT2D eigenvalue weighted by Crippen LogP contribution is 2.16. The fraction of sp³-hybridized carbons (Fsp3) is 0.211. The number of rotatable bonds is 5.